The zero-order valence-corrected chi connectivity index (χ0v) is 17.9. The highest BCUT2D eigenvalue weighted by molar-refractivity contribution is 6.31. The van der Waals surface area contributed by atoms with Gasteiger partial charge in [-0.25, -0.2) is 9.67 Å². The van der Waals surface area contributed by atoms with Crippen LogP contribution in [-0.4, -0.2) is 37.0 Å². The van der Waals surface area contributed by atoms with Crippen LogP contribution in [0.1, 0.15) is 23.5 Å². The van der Waals surface area contributed by atoms with Crippen molar-refractivity contribution in [1.82, 2.24) is 29.9 Å². The predicted octanol–water partition coefficient (Wildman–Crippen LogP) is 3.67. The highest BCUT2D eigenvalue weighted by Gasteiger charge is 2.17. The maximum absolute atomic E-state index is 12.5. The number of nitrogens with zero attached hydrogens (tertiary/aromatic N) is 5. The van der Waals surface area contributed by atoms with Crippen molar-refractivity contribution >= 4 is 28.5 Å². The molecule has 4 heterocycles. The summed E-state index contributed by atoms with van der Waals surface area (Å²) in [6.07, 6.45) is 4.09. The Morgan fingerprint density at radius 2 is 1.97 bits per heavy atom. The van der Waals surface area contributed by atoms with E-state index >= 15 is 0 Å². The van der Waals surface area contributed by atoms with Gasteiger partial charge in [-0.05, 0) is 45.4 Å². The van der Waals surface area contributed by atoms with E-state index < -0.39 is 0 Å². The zero-order valence-electron chi connectivity index (χ0n) is 17.1. The second-order valence-corrected chi connectivity index (χ2v) is 7.57. The standard InChI is InChI=1S/C21H23ClN6O2/c1-13-19-16(17-6-4-11-30-17)7-9-24-21(19)28(25-13)12-18(29)23-8-5-10-27-15(3)20(22)14(2)26-27/h4,6-7,9,11H,5,8,10,12H2,1-3H3,(H,23,29). The maximum Gasteiger partial charge on any atom is 0.241 e. The first-order chi connectivity index (χ1) is 14.5. The molecule has 0 aliphatic heterocycles. The topological polar surface area (TPSA) is 90.8 Å². The number of carbonyl (C=O) groups is 1. The summed E-state index contributed by atoms with van der Waals surface area (Å²) in [5.74, 6) is 0.634. The Hall–Kier alpha value is -3.13. The van der Waals surface area contributed by atoms with Crippen molar-refractivity contribution < 1.29 is 9.21 Å². The van der Waals surface area contributed by atoms with Crippen molar-refractivity contribution in [3.8, 4) is 11.3 Å². The third kappa shape index (κ3) is 3.82. The van der Waals surface area contributed by atoms with E-state index in [0.717, 1.165) is 40.2 Å². The van der Waals surface area contributed by atoms with E-state index in [1.54, 1.807) is 17.1 Å². The monoisotopic (exact) mass is 426 g/mol. The normalized spacial score (nSPS) is 11.3. The number of fused-ring (bicyclic) bond motifs is 1. The lowest BCUT2D eigenvalue weighted by atomic mass is 10.1. The second kappa shape index (κ2) is 8.31. The Labute approximate surface area is 178 Å². The summed E-state index contributed by atoms with van der Waals surface area (Å²) in [4.78, 5) is 16.9. The molecule has 0 saturated heterocycles. The van der Waals surface area contributed by atoms with Crippen molar-refractivity contribution in [2.45, 2.75) is 40.3 Å². The molecule has 156 valence electrons. The summed E-state index contributed by atoms with van der Waals surface area (Å²) in [6.45, 7) is 7.07. The quantitative estimate of drug-likeness (QED) is 0.455. The molecule has 1 N–H and O–H groups in total. The Morgan fingerprint density at radius 1 is 1.17 bits per heavy atom. The number of aryl methyl sites for hydroxylation is 3. The van der Waals surface area contributed by atoms with Gasteiger partial charge in [0.15, 0.2) is 5.65 Å². The molecule has 0 spiro atoms. The third-order valence-electron chi connectivity index (χ3n) is 5.05. The van der Waals surface area contributed by atoms with Crippen LogP contribution < -0.4 is 5.32 Å². The van der Waals surface area contributed by atoms with Crippen LogP contribution in [0.15, 0.2) is 35.1 Å². The maximum atomic E-state index is 12.5. The highest BCUT2D eigenvalue weighted by Crippen LogP contribution is 2.29. The average Bonchev–Trinajstić information content (AvgIpc) is 3.43. The summed E-state index contributed by atoms with van der Waals surface area (Å²) >= 11 is 6.17. The molecule has 0 aliphatic rings. The number of aromatic nitrogens is 5. The van der Waals surface area contributed by atoms with Crippen molar-refractivity contribution in [1.29, 1.82) is 0 Å². The fourth-order valence-electron chi connectivity index (χ4n) is 3.57. The molecule has 30 heavy (non-hydrogen) atoms. The molecular formula is C21H23ClN6O2. The van der Waals surface area contributed by atoms with Crippen molar-refractivity contribution in [2.75, 3.05) is 6.54 Å². The summed E-state index contributed by atoms with van der Waals surface area (Å²) in [7, 11) is 0. The van der Waals surface area contributed by atoms with Crippen LogP contribution in [-0.2, 0) is 17.9 Å². The minimum absolute atomic E-state index is 0.102. The van der Waals surface area contributed by atoms with Crippen LogP contribution in [0.25, 0.3) is 22.4 Å². The van der Waals surface area contributed by atoms with Crippen molar-refractivity contribution in [3.05, 3.63) is 52.8 Å². The Kier molecular flexibility index (Phi) is 5.59. The van der Waals surface area contributed by atoms with E-state index in [0.29, 0.717) is 23.8 Å². The summed E-state index contributed by atoms with van der Waals surface area (Å²) < 4.78 is 9.03. The first kappa shape index (κ1) is 20.2. The second-order valence-electron chi connectivity index (χ2n) is 7.19. The predicted molar refractivity (Wildman–Crippen MR) is 114 cm³/mol. The summed E-state index contributed by atoms with van der Waals surface area (Å²) in [6, 6.07) is 5.63. The number of nitrogens with one attached hydrogen (secondary N) is 1. The number of pyridine rings is 1. The molecule has 0 fully saturated rings. The zero-order chi connectivity index (χ0) is 21.3. The number of rotatable bonds is 7. The molecule has 9 heteroatoms. The lowest BCUT2D eigenvalue weighted by Crippen LogP contribution is -2.29. The Balaban J connectivity index is 1.40. The number of halogens is 1. The van der Waals surface area contributed by atoms with Gasteiger partial charge in [-0.1, -0.05) is 11.6 Å². The Bertz CT molecular complexity index is 1190. The number of carbonyl (C=O) groups excluding carboxylic acids is 1. The molecule has 0 aromatic carbocycles. The first-order valence-electron chi connectivity index (χ1n) is 9.78. The SMILES string of the molecule is Cc1nn(CCCNC(=O)Cn2nc(C)c3c(-c4ccco4)ccnc32)c(C)c1Cl. The molecular weight excluding hydrogens is 404 g/mol. The molecule has 8 nitrogen and oxygen atoms in total. The summed E-state index contributed by atoms with van der Waals surface area (Å²) in [5.41, 5.74) is 4.14. The minimum atomic E-state index is -0.115. The van der Waals surface area contributed by atoms with Gasteiger partial charge in [0.1, 0.15) is 12.3 Å². The molecule has 0 aliphatic carbocycles. The molecule has 4 aromatic rings. The van der Waals surface area contributed by atoms with E-state index in [1.807, 2.05) is 43.7 Å². The van der Waals surface area contributed by atoms with Crippen LogP contribution >= 0.6 is 11.6 Å². The molecule has 0 unspecified atom stereocenters. The number of amides is 1. The number of hydrogen-bond donors (Lipinski definition) is 1. The first-order valence-corrected chi connectivity index (χ1v) is 10.2. The van der Waals surface area contributed by atoms with E-state index in [9.17, 15) is 4.79 Å². The van der Waals surface area contributed by atoms with E-state index in [1.165, 1.54) is 0 Å². The van der Waals surface area contributed by atoms with E-state index in [-0.39, 0.29) is 12.5 Å². The van der Waals surface area contributed by atoms with Gasteiger partial charge in [0.25, 0.3) is 0 Å². The van der Waals surface area contributed by atoms with E-state index in [4.69, 9.17) is 16.0 Å². The molecule has 4 rings (SSSR count). The minimum Gasteiger partial charge on any atom is -0.464 e. The molecule has 1 amide bonds. The smallest absolute Gasteiger partial charge is 0.241 e. The molecule has 0 radical (unpaired) electrons. The van der Waals surface area contributed by atoms with Crippen LogP contribution in [0, 0.1) is 20.8 Å². The van der Waals surface area contributed by atoms with Gasteiger partial charge in [-0.2, -0.15) is 10.2 Å². The third-order valence-corrected chi connectivity index (χ3v) is 5.60. The number of furan rings is 1. The van der Waals surface area contributed by atoms with Gasteiger partial charge >= 0.3 is 0 Å². The average molecular weight is 427 g/mol. The largest absolute Gasteiger partial charge is 0.464 e. The Morgan fingerprint density at radius 3 is 2.67 bits per heavy atom. The van der Waals surface area contributed by atoms with Crippen LogP contribution in [0.2, 0.25) is 5.02 Å². The molecule has 4 aromatic heterocycles. The van der Waals surface area contributed by atoms with Gasteiger partial charge in [-0.15, -0.1) is 0 Å². The number of hydrogen-bond acceptors (Lipinski definition) is 5. The van der Waals surface area contributed by atoms with Crippen molar-refractivity contribution in [2.24, 2.45) is 0 Å². The van der Waals surface area contributed by atoms with Crippen LogP contribution in [0.3, 0.4) is 0 Å². The van der Waals surface area contributed by atoms with Crippen LogP contribution in [0.4, 0.5) is 0 Å². The van der Waals surface area contributed by atoms with Gasteiger partial charge < -0.3 is 9.73 Å². The lowest BCUT2D eigenvalue weighted by molar-refractivity contribution is -0.121. The highest BCUT2D eigenvalue weighted by atomic mass is 35.5. The van der Waals surface area contributed by atoms with Gasteiger partial charge in [-0.3, -0.25) is 9.48 Å². The molecule has 0 atom stereocenters. The molecule has 0 bridgehead atoms. The van der Waals surface area contributed by atoms with Gasteiger partial charge in [0, 0.05) is 24.8 Å². The lowest BCUT2D eigenvalue weighted by Gasteiger charge is -2.07. The van der Waals surface area contributed by atoms with Crippen molar-refractivity contribution in [3.63, 3.8) is 0 Å². The van der Waals surface area contributed by atoms with Crippen LogP contribution in [0.5, 0.6) is 0 Å². The van der Waals surface area contributed by atoms with Gasteiger partial charge in [0.05, 0.1) is 33.8 Å². The molecule has 0 saturated carbocycles. The fraction of sp³-hybridized carbons (Fsp3) is 0.333. The van der Waals surface area contributed by atoms with Gasteiger partial charge in [0.2, 0.25) is 5.91 Å². The fourth-order valence-corrected chi connectivity index (χ4v) is 3.71. The van der Waals surface area contributed by atoms with E-state index in [2.05, 4.69) is 20.5 Å². The summed E-state index contributed by atoms with van der Waals surface area (Å²) in [5, 5.41) is 13.4.